The summed E-state index contributed by atoms with van der Waals surface area (Å²) in [6, 6.07) is 12.8. The molecule has 0 saturated carbocycles. The number of phenolic OH excluding ortho intramolecular Hbond substituents is 1. The molecule has 2 aromatic carbocycles. The number of benzene rings is 2. The quantitative estimate of drug-likeness (QED) is 0.765. The third-order valence-corrected chi connectivity index (χ3v) is 4.16. The molecule has 0 radical (unpaired) electrons. The molecule has 0 fully saturated rings. The molecule has 0 bridgehead atoms. The molecule has 0 spiro atoms. The van der Waals surface area contributed by atoms with Gasteiger partial charge in [0.1, 0.15) is 11.6 Å². The molecule has 0 aliphatic heterocycles. The lowest BCUT2D eigenvalue weighted by Gasteiger charge is -2.03. The molecule has 2 N–H and O–H groups in total. The number of nitrogens with zero attached hydrogens (tertiary/aromatic N) is 1. The Labute approximate surface area is 136 Å². The second-order valence-corrected chi connectivity index (χ2v) is 5.99. The van der Waals surface area contributed by atoms with Gasteiger partial charge in [0.15, 0.2) is 5.13 Å². The molecular formula is C17H13FN2O2S. The first kappa shape index (κ1) is 15.2. The molecule has 3 aromatic rings. The van der Waals surface area contributed by atoms with Gasteiger partial charge in [0, 0.05) is 17.5 Å². The van der Waals surface area contributed by atoms with Gasteiger partial charge >= 0.3 is 0 Å². The van der Waals surface area contributed by atoms with Crippen LogP contribution in [0.4, 0.5) is 9.52 Å². The number of hydrogen-bond acceptors (Lipinski definition) is 4. The minimum Gasteiger partial charge on any atom is -0.507 e. The van der Waals surface area contributed by atoms with Gasteiger partial charge in [-0.05, 0) is 23.8 Å². The summed E-state index contributed by atoms with van der Waals surface area (Å²) in [5.41, 5.74) is 0.757. The summed E-state index contributed by atoms with van der Waals surface area (Å²) in [7, 11) is 0. The second kappa shape index (κ2) is 6.58. The van der Waals surface area contributed by atoms with E-state index in [0.717, 1.165) is 4.88 Å². The Bertz CT molecular complexity index is 848. The molecule has 0 aliphatic carbocycles. The lowest BCUT2D eigenvalue weighted by atomic mass is 10.1. The topological polar surface area (TPSA) is 62.2 Å². The second-order valence-electron chi connectivity index (χ2n) is 4.87. The SMILES string of the molecule is O=C(Nc1ncc(Cc2ccccc2F)s1)c1ccccc1O. The summed E-state index contributed by atoms with van der Waals surface area (Å²) in [4.78, 5) is 17.0. The van der Waals surface area contributed by atoms with Crippen molar-refractivity contribution in [3.63, 3.8) is 0 Å². The molecule has 116 valence electrons. The van der Waals surface area contributed by atoms with Gasteiger partial charge in [-0.2, -0.15) is 0 Å². The minimum absolute atomic E-state index is 0.0897. The Kier molecular flexibility index (Phi) is 4.34. The average Bonchev–Trinajstić information content (AvgIpc) is 2.97. The highest BCUT2D eigenvalue weighted by molar-refractivity contribution is 7.15. The van der Waals surface area contributed by atoms with Crippen LogP contribution in [0.2, 0.25) is 0 Å². The third kappa shape index (κ3) is 3.54. The summed E-state index contributed by atoms with van der Waals surface area (Å²) in [5.74, 6) is -0.788. The molecule has 1 amide bonds. The van der Waals surface area contributed by atoms with E-state index in [-0.39, 0.29) is 17.1 Å². The number of para-hydroxylation sites is 1. The normalized spacial score (nSPS) is 10.5. The highest BCUT2D eigenvalue weighted by atomic mass is 32.1. The van der Waals surface area contributed by atoms with Gasteiger partial charge in [-0.25, -0.2) is 9.37 Å². The Morgan fingerprint density at radius 3 is 2.70 bits per heavy atom. The minimum atomic E-state index is -0.435. The number of aromatic hydroxyl groups is 1. The lowest BCUT2D eigenvalue weighted by molar-refractivity contribution is 0.102. The van der Waals surface area contributed by atoms with E-state index in [4.69, 9.17) is 0 Å². The monoisotopic (exact) mass is 328 g/mol. The van der Waals surface area contributed by atoms with E-state index >= 15 is 0 Å². The number of rotatable bonds is 4. The average molecular weight is 328 g/mol. The number of anilines is 1. The fourth-order valence-corrected chi connectivity index (χ4v) is 2.94. The number of carbonyl (C=O) groups excluding carboxylic acids is 1. The summed E-state index contributed by atoms with van der Waals surface area (Å²) >= 11 is 1.27. The Morgan fingerprint density at radius 2 is 1.91 bits per heavy atom. The van der Waals surface area contributed by atoms with E-state index in [9.17, 15) is 14.3 Å². The van der Waals surface area contributed by atoms with Crippen molar-refractivity contribution in [2.75, 3.05) is 5.32 Å². The van der Waals surface area contributed by atoms with Gasteiger partial charge in [-0.1, -0.05) is 30.3 Å². The maximum Gasteiger partial charge on any atom is 0.261 e. The summed E-state index contributed by atoms with van der Waals surface area (Å²) < 4.78 is 13.6. The molecule has 1 aromatic heterocycles. The fourth-order valence-electron chi connectivity index (χ4n) is 2.11. The fraction of sp³-hybridized carbons (Fsp3) is 0.0588. The van der Waals surface area contributed by atoms with Crippen LogP contribution in [-0.4, -0.2) is 16.0 Å². The maximum absolute atomic E-state index is 13.6. The highest BCUT2D eigenvalue weighted by Crippen LogP contribution is 2.24. The van der Waals surface area contributed by atoms with E-state index in [2.05, 4.69) is 10.3 Å². The molecule has 0 aliphatic rings. The molecule has 4 nitrogen and oxygen atoms in total. The van der Waals surface area contributed by atoms with Crippen molar-refractivity contribution in [1.29, 1.82) is 0 Å². The summed E-state index contributed by atoms with van der Waals surface area (Å²) in [5, 5.41) is 12.7. The number of aromatic nitrogens is 1. The number of halogens is 1. The van der Waals surface area contributed by atoms with Gasteiger partial charge in [0.25, 0.3) is 5.91 Å². The molecular weight excluding hydrogens is 315 g/mol. The Morgan fingerprint density at radius 1 is 1.17 bits per heavy atom. The number of phenols is 1. The summed E-state index contributed by atoms with van der Waals surface area (Å²) in [6.07, 6.45) is 2.02. The van der Waals surface area contributed by atoms with Crippen molar-refractivity contribution in [2.24, 2.45) is 0 Å². The first-order chi connectivity index (χ1) is 11.1. The van der Waals surface area contributed by atoms with E-state index in [1.807, 2.05) is 0 Å². The molecule has 0 atom stereocenters. The van der Waals surface area contributed by atoms with Crippen molar-refractivity contribution < 1.29 is 14.3 Å². The third-order valence-electron chi connectivity index (χ3n) is 3.25. The predicted octanol–water partition coefficient (Wildman–Crippen LogP) is 3.83. The van der Waals surface area contributed by atoms with Crippen LogP contribution in [0.15, 0.2) is 54.7 Å². The van der Waals surface area contributed by atoms with Crippen molar-refractivity contribution in [3.05, 3.63) is 76.5 Å². The maximum atomic E-state index is 13.6. The summed E-state index contributed by atoms with van der Waals surface area (Å²) in [6.45, 7) is 0. The van der Waals surface area contributed by atoms with E-state index < -0.39 is 5.91 Å². The van der Waals surface area contributed by atoms with E-state index in [1.165, 1.54) is 29.5 Å². The van der Waals surface area contributed by atoms with Crippen LogP contribution in [0, 0.1) is 5.82 Å². The first-order valence-electron chi connectivity index (χ1n) is 6.91. The number of amides is 1. The zero-order valence-corrected chi connectivity index (χ0v) is 12.8. The van der Waals surface area contributed by atoms with Crippen LogP contribution in [0.25, 0.3) is 0 Å². The van der Waals surface area contributed by atoms with Crippen molar-refractivity contribution in [3.8, 4) is 5.75 Å². The molecule has 6 heteroatoms. The van der Waals surface area contributed by atoms with E-state index in [1.54, 1.807) is 36.5 Å². The van der Waals surface area contributed by atoms with Crippen molar-refractivity contribution >= 4 is 22.4 Å². The lowest BCUT2D eigenvalue weighted by Crippen LogP contribution is -2.11. The first-order valence-corrected chi connectivity index (χ1v) is 7.72. The van der Waals surface area contributed by atoms with Crippen LogP contribution < -0.4 is 5.32 Å². The Balaban J connectivity index is 1.72. The Hall–Kier alpha value is -2.73. The van der Waals surface area contributed by atoms with Gasteiger partial charge < -0.3 is 5.11 Å². The molecule has 23 heavy (non-hydrogen) atoms. The molecule has 0 unspecified atom stereocenters. The number of carbonyl (C=O) groups is 1. The van der Waals surface area contributed by atoms with Gasteiger partial charge in [-0.3, -0.25) is 10.1 Å². The number of hydrogen-bond donors (Lipinski definition) is 2. The zero-order chi connectivity index (χ0) is 16.2. The molecule has 3 rings (SSSR count). The van der Waals surface area contributed by atoms with Crippen LogP contribution in [0.1, 0.15) is 20.8 Å². The van der Waals surface area contributed by atoms with Crippen LogP contribution in [0.5, 0.6) is 5.75 Å². The highest BCUT2D eigenvalue weighted by Gasteiger charge is 2.13. The molecule has 0 saturated heterocycles. The molecule has 1 heterocycles. The van der Waals surface area contributed by atoms with Crippen molar-refractivity contribution in [2.45, 2.75) is 6.42 Å². The standard InChI is InChI=1S/C17H13FN2O2S/c18-14-7-3-1-5-11(14)9-12-10-19-17(23-12)20-16(22)13-6-2-4-8-15(13)21/h1-8,10,21H,9H2,(H,19,20,22). The largest absolute Gasteiger partial charge is 0.507 e. The number of thiazole rings is 1. The zero-order valence-electron chi connectivity index (χ0n) is 12.0. The van der Waals surface area contributed by atoms with Gasteiger partial charge in [0.05, 0.1) is 5.56 Å². The number of nitrogens with one attached hydrogen (secondary N) is 1. The van der Waals surface area contributed by atoms with Gasteiger partial charge in [0.2, 0.25) is 0 Å². The van der Waals surface area contributed by atoms with Crippen LogP contribution in [0.3, 0.4) is 0 Å². The van der Waals surface area contributed by atoms with Gasteiger partial charge in [-0.15, -0.1) is 11.3 Å². The van der Waals surface area contributed by atoms with Crippen LogP contribution >= 0.6 is 11.3 Å². The van der Waals surface area contributed by atoms with Crippen molar-refractivity contribution in [1.82, 2.24) is 4.98 Å². The predicted molar refractivity (Wildman–Crippen MR) is 87.4 cm³/mol. The van der Waals surface area contributed by atoms with Crippen LogP contribution in [-0.2, 0) is 6.42 Å². The smallest absolute Gasteiger partial charge is 0.261 e. The van der Waals surface area contributed by atoms with E-state index in [0.29, 0.717) is 17.1 Å².